The zero-order chi connectivity index (χ0) is 12.8. The number of benzene rings is 1. The molecule has 0 spiro atoms. The summed E-state index contributed by atoms with van der Waals surface area (Å²) < 4.78 is 4.67. The molecule has 0 saturated heterocycles. The Labute approximate surface area is 106 Å². The molecule has 0 radical (unpaired) electrons. The third kappa shape index (κ3) is 3.79. The van der Waals surface area contributed by atoms with Crippen molar-refractivity contribution in [2.75, 3.05) is 12.8 Å². The number of halogens is 1. The van der Waals surface area contributed by atoms with Crippen molar-refractivity contribution in [1.29, 1.82) is 0 Å². The number of hydrogen-bond donors (Lipinski definition) is 1. The lowest BCUT2D eigenvalue weighted by Gasteiger charge is -2.08. The van der Waals surface area contributed by atoms with Crippen molar-refractivity contribution >= 4 is 28.8 Å². The Morgan fingerprint density at radius 2 is 2.24 bits per heavy atom. The van der Waals surface area contributed by atoms with E-state index in [0.29, 0.717) is 10.7 Å². The van der Waals surface area contributed by atoms with Crippen LogP contribution in [0, 0.1) is 0 Å². The van der Waals surface area contributed by atoms with Gasteiger partial charge in [-0.2, -0.15) is 0 Å². The molecule has 0 heterocycles. The highest BCUT2D eigenvalue weighted by atomic mass is 35.5. The number of anilines is 1. The molecular weight excluding hydrogens is 238 g/mol. The normalized spacial score (nSPS) is 11.4. The third-order valence-corrected chi connectivity index (χ3v) is 2.72. The van der Waals surface area contributed by atoms with Crippen molar-refractivity contribution < 1.29 is 9.53 Å². The Kier molecular flexibility index (Phi) is 5.04. The molecule has 92 valence electrons. The first-order valence-corrected chi connectivity index (χ1v) is 5.77. The maximum atomic E-state index is 11.3. The van der Waals surface area contributed by atoms with E-state index in [9.17, 15) is 4.79 Å². The van der Waals surface area contributed by atoms with E-state index < -0.39 is 0 Å². The second kappa shape index (κ2) is 6.30. The van der Waals surface area contributed by atoms with Crippen LogP contribution in [-0.4, -0.2) is 13.1 Å². The van der Waals surface area contributed by atoms with E-state index in [2.05, 4.69) is 4.74 Å². The topological polar surface area (TPSA) is 52.3 Å². The standard InChI is InChI=1S/C13H16ClNO2/c1-3-4-9(8-13(16)17-2)10-5-6-11(14)12(15)7-10/h4-7H,3,8,15H2,1-2H3/b9-4-. The van der Waals surface area contributed by atoms with E-state index in [1.54, 1.807) is 12.1 Å². The Morgan fingerprint density at radius 3 is 2.76 bits per heavy atom. The minimum atomic E-state index is -0.266. The van der Waals surface area contributed by atoms with E-state index in [1.165, 1.54) is 7.11 Å². The van der Waals surface area contributed by atoms with Crippen LogP contribution in [0.3, 0.4) is 0 Å². The summed E-state index contributed by atoms with van der Waals surface area (Å²) in [4.78, 5) is 11.3. The van der Waals surface area contributed by atoms with E-state index >= 15 is 0 Å². The molecule has 0 atom stereocenters. The number of carbonyl (C=O) groups is 1. The van der Waals surface area contributed by atoms with Gasteiger partial charge in [-0.1, -0.05) is 30.7 Å². The Balaban J connectivity index is 3.02. The molecule has 0 amide bonds. The van der Waals surface area contributed by atoms with Gasteiger partial charge >= 0.3 is 5.97 Å². The molecule has 0 aromatic heterocycles. The first-order valence-electron chi connectivity index (χ1n) is 5.39. The first-order chi connectivity index (χ1) is 8.08. The average molecular weight is 254 g/mol. The molecule has 2 N–H and O–H groups in total. The second-order valence-electron chi connectivity index (χ2n) is 3.63. The summed E-state index contributed by atoms with van der Waals surface area (Å²) in [5.74, 6) is -0.266. The highest BCUT2D eigenvalue weighted by Gasteiger charge is 2.09. The number of hydrogen-bond acceptors (Lipinski definition) is 3. The fraction of sp³-hybridized carbons (Fsp3) is 0.308. The monoisotopic (exact) mass is 253 g/mol. The fourth-order valence-electron chi connectivity index (χ4n) is 1.51. The minimum absolute atomic E-state index is 0.241. The minimum Gasteiger partial charge on any atom is -0.469 e. The summed E-state index contributed by atoms with van der Waals surface area (Å²) in [6.07, 6.45) is 3.07. The van der Waals surface area contributed by atoms with Gasteiger partial charge in [0.15, 0.2) is 0 Å². The van der Waals surface area contributed by atoms with Crippen molar-refractivity contribution in [3.8, 4) is 0 Å². The molecule has 1 aromatic carbocycles. The fourth-order valence-corrected chi connectivity index (χ4v) is 1.63. The van der Waals surface area contributed by atoms with Crippen LogP contribution in [0.25, 0.3) is 5.57 Å². The van der Waals surface area contributed by atoms with Gasteiger partial charge in [0, 0.05) is 0 Å². The number of ether oxygens (including phenoxy) is 1. The molecule has 17 heavy (non-hydrogen) atoms. The molecule has 0 fully saturated rings. The van der Waals surface area contributed by atoms with Gasteiger partial charge in [0.05, 0.1) is 24.2 Å². The number of esters is 1. The molecule has 1 rings (SSSR count). The zero-order valence-electron chi connectivity index (χ0n) is 10.00. The smallest absolute Gasteiger partial charge is 0.309 e. The Morgan fingerprint density at radius 1 is 1.53 bits per heavy atom. The summed E-state index contributed by atoms with van der Waals surface area (Å²) in [5.41, 5.74) is 8.06. The summed E-state index contributed by atoms with van der Waals surface area (Å²) in [7, 11) is 1.38. The van der Waals surface area contributed by atoms with E-state index in [0.717, 1.165) is 17.6 Å². The van der Waals surface area contributed by atoms with Crippen LogP contribution >= 0.6 is 11.6 Å². The second-order valence-corrected chi connectivity index (χ2v) is 4.03. The number of rotatable bonds is 4. The molecule has 0 aliphatic carbocycles. The van der Waals surface area contributed by atoms with E-state index in [4.69, 9.17) is 17.3 Å². The Hall–Kier alpha value is -1.48. The molecule has 3 nitrogen and oxygen atoms in total. The van der Waals surface area contributed by atoms with Crippen LogP contribution in [0.2, 0.25) is 5.02 Å². The van der Waals surface area contributed by atoms with Crippen LogP contribution in [0.4, 0.5) is 5.69 Å². The predicted octanol–water partition coefficient (Wildman–Crippen LogP) is 3.28. The predicted molar refractivity (Wildman–Crippen MR) is 70.8 cm³/mol. The lowest BCUT2D eigenvalue weighted by atomic mass is 10.0. The summed E-state index contributed by atoms with van der Waals surface area (Å²) in [6.45, 7) is 2.01. The molecule has 0 saturated carbocycles. The van der Waals surface area contributed by atoms with Crippen molar-refractivity contribution in [3.05, 3.63) is 34.9 Å². The first kappa shape index (κ1) is 13.6. The zero-order valence-corrected chi connectivity index (χ0v) is 10.8. The SMILES string of the molecule is CC/C=C(/CC(=O)OC)c1ccc(Cl)c(N)c1. The van der Waals surface area contributed by atoms with Gasteiger partial charge in [0.1, 0.15) is 0 Å². The highest BCUT2D eigenvalue weighted by molar-refractivity contribution is 6.33. The van der Waals surface area contributed by atoms with Gasteiger partial charge in [-0.15, -0.1) is 0 Å². The van der Waals surface area contributed by atoms with Crippen LogP contribution in [-0.2, 0) is 9.53 Å². The number of allylic oxidation sites excluding steroid dienone is 1. The van der Waals surface area contributed by atoms with Crippen molar-refractivity contribution in [1.82, 2.24) is 0 Å². The summed E-state index contributed by atoms with van der Waals surface area (Å²) >= 11 is 5.86. The van der Waals surface area contributed by atoms with Crippen molar-refractivity contribution in [3.63, 3.8) is 0 Å². The van der Waals surface area contributed by atoms with Gasteiger partial charge < -0.3 is 10.5 Å². The number of nitrogen functional groups attached to an aromatic ring is 1. The van der Waals surface area contributed by atoms with Gasteiger partial charge in [0.25, 0.3) is 0 Å². The number of methoxy groups -OCH3 is 1. The van der Waals surface area contributed by atoms with E-state index in [-0.39, 0.29) is 12.4 Å². The van der Waals surface area contributed by atoms with Crippen LogP contribution in [0.5, 0.6) is 0 Å². The largest absolute Gasteiger partial charge is 0.469 e. The van der Waals surface area contributed by atoms with Gasteiger partial charge in [-0.05, 0) is 29.7 Å². The average Bonchev–Trinajstić information content (AvgIpc) is 2.32. The highest BCUT2D eigenvalue weighted by Crippen LogP contribution is 2.26. The molecule has 0 aliphatic rings. The maximum absolute atomic E-state index is 11.3. The molecule has 1 aromatic rings. The van der Waals surface area contributed by atoms with Crippen LogP contribution < -0.4 is 5.73 Å². The van der Waals surface area contributed by atoms with Crippen molar-refractivity contribution in [2.45, 2.75) is 19.8 Å². The van der Waals surface area contributed by atoms with Crippen LogP contribution in [0.1, 0.15) is 25.3 Å². The van der Waals surface area contributed by atoms with Gasteiger partial charge in [-0.25, -0.2) is 0 Å². The number of carbonyl (C=O) groups excluding carboxylic acids is 1. The van der Waals surface area contributed by atoms with Gasteiger partial charge in [-0.3, -0.25) is 4.79 Å². The summed E-state index contributed by atoms with van der Waals surface area (Å²) in [5, 5.41) is 0.516. The third-order valence-electron chi connectivity index (χ3n) is 2.38. The molecular formula is C13H16ClNO2. The summed E-state index contributed by atoms with van der Waals surface area (Å²) in [6, 6.07) is 5.35. The number of nitrogens with two attached hydrogens (primary N) is 1. The Bertz CT molecular complexity index is 441. The molecule has 0 unspecified atom stereocenters. The van der Waals surface area contributed by atoms with Gasteiger partial charge in [0.2, 0.25) is 0 Å². The van der Waals surface area contributed by atoms with Crippen molar-refractivity contribution in [2.24, 2.45) is 0 Å². The lowest BCUT2D eigenvalue weighted by Crippen LogP contribution is -2.02. The quantitative estimate of drug-likeness (QED) is 0.662. The van der Waals surface area contributed by atoms with Crippen LogP contribution in [0.15, 0.2) is 24.3 Å². The molecule has 0 bridgehead atoms. The molecule has 0 aliphatic heterocycles. The molecule has 4 heteroatoms. The maximum Gasteiger partial charge on any atom is 0.309 e. The van der Waals surface area contributed by atoms with E-state index in [1.807, 2.05) is 19.1 Å². The lowest BCUT2D eigenvalue weighted by molar-refractivity contribution is -0.139.